The van der Waals surface area contributed by atoms with Crippen LogP contribution < -0.4 is 0 Å². The van der Waals surface area contributed by atoms with Crippen molar-refractivity contribution in [3.63, 3.8) is 0 Å². The van der Waals surface area contributed by atoms with E-state index in [2.05, 4.69) is 15.9 Å². The van der Waals surface area contributed by atoms with Crippen molar-refractivity contribution in [3.8, 4) is 0 Å². The lowest BCUT2D eigenvalue weighted by atomic mass is 9.83. The molecule has 0 saturated heterocycles. The maximum atomic E-state index is 10.9. The third-order valence-corrected chi connectivity index (χ3v) is 3.91. The highest BCUT2D eigenvalue weighted by Gasteiger charge is 2.37. The van der Waals surface area contributed by atoms with E-state index in [1.807, 2.05) is 30.3 Å². The Morgan fingerprint density at radius 3 is 2.15 bits per heavy atom. The summed E-state index contributed by atoms with van der Waals surface area (Å²) in [6, 6.07) is 16.5. The second-order valence-corrected chi connectivity index (χ2v) is 5.71. The quantitative estimate of drug-likeness (QED) is 0.784. The monoisotopic (exact) mass is 336 g/mol. The summed E-state index contributed by atoms with van der Waals surface area (Å²) < 4.78 is 0.891. The zero-order valence-electron chi connectivity index (χ0n) is 10.9. The topological polar surface area (TPSA) is 60.7 Å². The summed E-state index contributed by atoms with van der Waals surface area (Å²) in [5.41, 5.74) is -0.0481. The number of halogens is 1. The van der Waals surface area contributed by atoms with Crippen LogP contribution in [0, 0.1) is 0 Å². The molecule has 0 heterocycles. The van der Waals surface area contributed by atoms with Crippen LogP contribution in [0.2, 0.25) is 0 Å². The predicted molar refractivity (Wildman–Crippen MR) is 81.3 cm³/mol. The van der Waals surface area contributed by atoms with Gasteiger partial charge in [0.25, 0.3) is 0 Å². The van der Waals surface area contributed by atoms with E-state index in [9.17, 15) is 15.3 Å². The molecule has 0 amide bonds. The molecule has 0 saturated carbocycles. The molecule has 2 aromatic carbocycles. The summed E-state index contributed by atoms with van der Waals surface area (Å²) in [7, 11) is 0. The second-order valence-electron chi connectivity index (χ2n) is 4.79. The Morgan fingerprint density at radius 2 is 1.60 bits per heavy atom. The Morgan fingerprint density at radius 1 is 1.00 bits per heavy atom. The third kappa shape index (κ3) is 3.27. The van der Waals surface area contributed by atoms with E-state index < -0.39 is 18.3 Å². The van der Waals surface area contributed by atoms with E-state index in [1.54, 1.807) is 24.3 Å². The molecule has 0 aliphatic carbocycles. The van der Waals surface area contributed by atoms with Crippen LogP contribution in [0.5, 0.6) is 0 Å². The molecule has 2 atom stereocenters. The van der Waals surface area contributed by atoms with Crippen LogP contribution in [0.1, 0.15) is 11.1 Å². The van der Waals surface area contributed by atoms with Gasteiger partial charge in [-0.05, 0) is 23.3 Å². The van der Waals surface area contributed by atoms with Gasteiger partial charge in [0.1, 0.15) is 11.7 Å². The van der Waals surface area contributed by atoms with Gasteiger partial charge in [0, 0.05) is 10.9 Å². The Bertz CT molecular complexity index is 541. The molecule has 2 rings (SSSR count). The van der Waals surface area contributed by atoms with Gasteiger partial charge in [-0.2, -0.15) is 0 Å². The lowest BCUT2D eigenvalue weighted by Crippen LogP contribution is -2.43. The summed E-state index contributed by atoms with van der Waals surface area (Å²) in [5.74, 6) is 0. The fourth-order valence-corrected chi connectivity index (χ4v) is 2.47. The van der Waals surface area contributed by atoms with Crippen molar-refractivity contribution in [2.45, 2.75) is 18.1 Å². The standard InChI is InChI=1S/C16H17BrO3/c17-14-8-6-13(7-9-14)16(20,15(19)11-18)10-12-4-2-1-3-5-12/h1-9,15,18-20H,10-11H2/t15-,16?/m1/s1. The van der Waals surface area contributed by atoms with E-state index >= 15 is 0 Å². The fraction of sp³-hybridized carbons (Fsp3) is 0.250. The van der Waals surface area contributed by atoms with Crippen LogP contribution in [-0.4, -0.2) is 28.0 Å². The zero-order valence-corrected chi connectivity index (χ0v) is 12.5. The molecule has 106 valence electrons. The molecule has 1 unspecified atom stereocenters. The molecule has 0 aliphatic heterocycles. The van der Waals surface area contributed by atoms with Gasteiger partial charge >= 0.3 is 0 Å². The van der Waals surface area contributed by atoms with Crippen molar-refractivity contribution in [2.24, 2.45) is 0 Å². The summed E-state index contributed by atoms with van der Waals surface area (Å²) in [6.07, 6.45) is -1.01. The van der Waals surface area contributed by atoms with Gasteiger partial charge in [0.05, 0.1) is 6.61 Å². The smallest absolute Gasteiger partial charge is 0.122 e. The summed E-state index contributed by atoms with van der Waals surface area (Å²) in [5, 5.41) is 30.2. The Hall–Kier alpha value is -1.20. The van der Waals surface area contributed by atoms with Crippen LogP contribution in [-0.2, 0) is 12.0 Å². The molecule has 20 heavy (non-hydrogen) atoms. The van der Waals surface area contributed by atoms with Crippen LogP contribution in [0.25, 0.3) is 0 Å². The highest BCUT2D eigenvalue weighted by Crippen LogP contribution is 2.30. The minimum Gasteiger partial charge on any atom is -0.394 e. The van der Waals surface area contributed by atoms with Gasteiger partial charge in [-0.1, -0.05) is 58.4 Å². The number of hydrogen-bond donors (Lipinski definition) is 3. The molecule has 3 N–H and O–H groups in total. The van der Waals surface area contributed by atoms with Crippen molar-refractivity contribution >= 4 is 15.9 Å². The number of rotatable bonds is 5. The predicted octanol–water partition coefficient (Wildman–Crippen LogP) is 2.23. The first-order chi connectivity index (χ1) is 9.56. The first-order valence-corrected chi connectivity index (χ1v) is 7.17. The molecule has 3 nitrogen and oxygen atoms in total. The van der Waals surface area contributed by atoms with E-state index in [1.165, 1.54) is 0 Å². The molecular formula is C16H17BrO3. The van der Waals surface area contributed by atoms with Gasteiger partial charge in [-0.15, -0.1) is 0 Å². The van der Waals surface area contributed by atoms with Crippen LogP contribution >= 0.6 is 15.9 Å². The average Bonchev–Trinajstić information content (AvgIpc) is 2.48. The summed E-state index contributed by atoms with van der Waals surface area (Å²) in [4.78, 5) is 0. The van der Waals surface area contributed by atoms with Crippen molar-refractivity contribution in [1.82, 2.24) is 0 Å². The molecule has 0 fully saturated rings. The van der Waals surface area contributed by atoms with Gasteiger partial charge in [-0.25, -0.2) is 0 Å². The van der Waals surface area contributed by atoms with Gasteiger partial charge in [0.15, 0.2) is 0 Å². The average molecular weight is 337 g/mol. The first-order valence-electron chi connectivity index (χ1n) is 6.37. The highest BCUT2D eigenvalue weighted by molar-refractivity contribution is 9.10. The SMILES string of the molecule is OC[C@@H](O)C(O)(Cc1ccccc1)c1ccc(Br)cc1. The fourth-order valence-electron chi connectivity index (χ4n) is 2.21. The molecule has 0 spiro atoms. The molecule has 4 heteroatoms. The number of aliphatic hydroxyl groups is 3. The molecule has 0 aliphatic rings. The molecule has 0 radical (unpaired) electrons. The van der Waals surface area contributed by atoms with Gasteiger partial charge in [0.2, 0.25) is 0 Å². The largest absolute Gasteiger partial charge is 0.394 e. The maximum Gasteiger partial charge on any atom is 0.122 e. The van der Waals surface area contributed by atoms with Gasteiger partial charge in [-0.3, -0.25) is 0 Å². The Labute approximate surface area is 126 Å². The van der Waals surface area contributed by atoms with Crippen LogP contribution in [0.3, 0.4) is 0 Å². The summed E-state index contributed by atoms with van der Waals surface area (Å²) in [6.45, 7) is -0.501. The molecular weight excluding hydrogens is 320 g/mol. The van der Waals surface area contributed by atoms with Crippen molar-refractivity contribution in [1.29, 1.82) is 0 Å². The number of aliphatic hydroxyl groups excluding tert-OH is 2. The van der Waals surface area contributed by atoms with Gasteiger partial charge < -0.3 is 15.3 Å². The van der Waals surface area contributed by atoms with Crippen molar-refractivity contribution in [2.75, 3.05) is 6.61 Å². The molecule has 0 aromatic heterocycles. The van der Waals surface area contributed by atoms with Crippen molar-refractivity contribution in [3.05, 3.63) is 70.2 Å². The lowest BCUT2D eigenvalue weighted by molar-refractivity contribution is -0.0999. The van der Waals surface area contributed by atoms with Crippen molar-refractivity contribution < 1.29 is 15.3 Å². The molecule has 2 aromatic rings. The number of hydrogen-bond acceptors (Lipinski definition) is 3. The number of benzene rings is 2. The third-order valence-electron chi connectivity index (χ3n) is 3.38. The highest BCUT2D eigenvalue weighted by atomic mass is 79.9. The minimum atomic E-state index is -1.52. The van der Waals surface area contributed by atoms with E-state index in [4.69, 9.17) is 0 Å². The Kier molecular flexibility index (Phi) is 4.94. The van der Waals surface area contributed by atoms with E-state index in [0.29, 0.717) is 5.56 Å². The minimum absolute atomic E-state index is 0.233. The maximum absolute atomic E-state index is 10.9. The Balaban J connectivity index is 2.37. The lowest BCUT2D eigenvalue weighted by Gasteiger charge is -2.33. The van der Waals surface area contributed by atoms with E-state index in [0.717, 1.165) is 10.0 Å². The summed E-state index contributed by atoms with van der Waals surface area (Å²) >= 11 is 3.34. The van der Waals surface area contributed by atoms with E-state index in [-0.39, 0.29) is 6.42 Å². The zero-order chi connectivity index (χ0) is 14.6. The normalized spacial score (nSPS) is 15.6. The van der Waals surface area contributed by atoms with Crippen LogP contribution in [0.4, 0.5) is 0 Å². The molecule has 0 bridgehead atoms. The second kappa shape index (κ2) is 6.50. The van der Waals surface area contributed by atoms with Crippen LogP contribution in [0.15, 0.2) is 59.1 Å². The first kappa shape index (κ1) is 15.2.